The van der Waals surface area contributed by atoms with Gasteiger partial charge in [-0.15, -0.1) is 0 Å². The number of benzene rings is 2. The van der Waals surface area contributed by atoms with E-state index >= 15 is 0 Å². The molecule has 0 fully saturated rings. The number of halogens is 3. The van der Waals surface area contributed by atoms with Crippen LogP contribution in [-0.2, 0) is 9.84 Å². The van der Waals surface area contributed by atoms with Crippen molar-refractivity contribution in [2.75, 3.05) is 0 Å². The molecule has 3 rings (SSSR count). The van der Waals surface area contributed by atoms with Gasteiger partial charge in [-0.3, -0.25) is 4.98 Å². The molecule has 0 saturated carbocycles. The van der Waals surface area contributed by atoms with Crippen molar-refractivity contribution in [3.8, 4) is 0 Å². The minimum atomic E-state index is -3.77. The van der Waals surface area contributed by atoms with Crippen LogP contribution in [0.15, 0.2) is 58.5 Å². The van der Waals surface area contributed by atoms with E-state index in [-0.39, 0.29) is 14.8 Å². The van der Waals surface area contributed by atoms with Crippen molar-refractivity contribution in [1.29, 1.82) is 0 Å². The fraction of sp³-hybridized carbons (Fsp3) is 0. The van der Waals surface area contributed by atoms with Crippen LogP contribution in [0.5, 0.6) is 0 Å². The molecule has 1 aromatic heterocycles. The molecule has 3 nitrogen and oxygen atoms in total. The van der Waals surface area contributed by atoms with Crippen molar-refractivity contribution in [1.82, 2.24) is 4.98 Å². The van der Waals surface area contributed by atoms with Gasteiger partial charge >= 0.3 is 0 Å². The van der Waals surface area contributed by atoms with E-state index in [0.29, 0.717) is 20.9 Å². The lowest BCUT2D eigenvalue weighted by Crippen LogP contribution is -2.04. The Hall–Kier alpha value is -1.33. The molecule has 0 aliphatic rings. The lowest BCUT2D eigenvalue weighted by Gasteiger charge is -2.09. The van der Waals surface area contributed by atoms with E-state index in [9.17, 15) is 8.42 Å². The largest absolute Gasteiger partial charge is 0.255 e. The number of nitrogens with zero attached hydrogens (tertiary/aromatic N) is 1. The third-order valence-corrected chi connectivity index (χ3v) is 5.93. The summed E-state index contributed by atoms with van der Waals surface area (Å²) in [7, 11) is -3.77. The van der Waals surface area contributed by atoms with Crippen LogP contribution in [0.3, 0.4) is 0 Å². The minimum Gasteiger partial charge on any atom is -0.255 e. The van der Waals surface area contributed by atoms with Gasteiger partial charge in [0.2, 0.25) is 9.84 Å². The Balaban J connectivity index is 2.23. The topological polar surface area (TPSA) is 47.0 Å². The summed E-state index contributed by atoms with van der Waals surface area (Å²) in [5.41, 5.74) is 0.535. The number of pyridine rings is 1. The number of fused-ring (bicyclic) bond motifs is 1. The van der Waals surface area contributed by atoms with E-state index in [1.165, 1.54) is 30.5 Å². The maximum Gasteiger partial charge on any atom is 0.209 e. The highest BCUT2D eigenvalue weighted by atomic mass is 35.5. The lowest BCUT2D eigenvalue weighted by molar-refractivity contribution is 0.596. The SMILES string of the molecule is O=S(=O)(c1ccc(Cl)cc1)c1cnc2cc(Cl)ccc2c1Cl. The number of rotatable bonds is 2. The van der Waals surface area contributed by atoms with Crippen LogP contribution in [0.4, 0.5) is 0 Å². The van der Waals surface area contributed by atoms with Crippen molar-refractivity contribution < 1.29 is 8.42 Å². The van der Waals surface area contributed by atoms with E-state index in [1.807, 2.05) is 0 Å². The molecule has 0 aliphatic carbocycles. The standard InChI is InChI=1S/C15H8Cl3NO2S/c16-9-1-4-11(5-2-9)22(20,21)14-8-19-13-7-10(17)3-6-12(13)15(14)18/h1-8H. The van der Waals surface area contributed by atoms with Gasteiger partial charge in [0, 0.05) is 21.6 Å². The van der Waals surface area contributed by atoms with E-state index in [0.717, 1.165) is 0 Å². The summed E-state index contributed by atoms with van der Waals surface area (Å²) in [6.07, 6.45) is 1.24. The Bertz CT molecular complexity index is 970. The molecule has 2 aromatic carbocycles. The van der Waals surface area contributed by atoms with Crippen molar-refractivity contribution in [2.45, 2.75) is 9.79 Å². The van der Waals surface area contributed by atoms with Crippen LogP contribution in [0, 0.1) is 0 Å². The Kier molecular flexibility index (Phi) is 4.03. The number of hydrogen-bond acceptors (Lipinski definition) is 3. The van der Waals surface area contributed by atoms with E-state index in [1.54, 1.807) is 18.2 Å². The maximum absolute atomic E-state index is 12.7. The van der Waals surface area contributed by atoms with E-state index in [4.69, 9.17) is 34.8 Å². The zero-order valence-corrected chi connectivity index (χ0v) is 14.0. The molecule has 0 aliphatic heterocycles. The minimum absolute atomic E-state index is 0.0497. The maximum atomic E-state index is 12.7. The summed E-state index contributed by atoms with van der Waals surface area (Å²) in [6, 6.07) is 10.8. The van der Waals surface area contributed by atoms with Crippen LogP contribution >= 0.6 is 34.8 Å². The summed E-state index contributed by atoms with van der Waals surface area (Å²) in [4.78, 5) is 4.19. The van der Waals surface area contributed by atoms with Gasteiger partial charge in [0.05, 0.1) is 15.4 Å². The molecule has 0 atom stereocenters. The Morgan fingerprint density at radius 1 is 0.864 bits per heavy atom. The molecule has 0 spiro atoms. The highest BCUT2D eigenvalue weighted by molar-refractivity contribution is 7.91. The average Bonchev–Trinajstić information content (AvgIpc) is 2.47. The first kappa shape index (κ1) is 15.6. The summed E-state index contributed by atoms with van der Waals surface area (Å²) in [5, 5.41) is 1.61. The quantitative estimate of drug-likeness (QED) is 0.634. The number of sulfone groups is 1. The molecule has 112 valence electrons. The van der Waals surface area contributed by atoms with Gasteiger partial charge in [0.15, 0.2) is 0 Å². The second-order valence-corrected chi connectivity index (χ2v) is 7.72. The molecular weight excluding hydrogens is 365 g/mol. The number of hydrogen-bond donors (Lipinski definition) is 0. The van der Waals surface area contributed by atoms with Crippen LogP contribution in [0.2, 0.25) is 15.1 Å². The molecule has 0 amide bonds. The molecule has 3 aromatic rings. The lowest BCUT2D eigenvalue weighted by atomic mass is 10.2. The summed E-state index contributed by atoms with van der Waals surface area (Å²) < 4.78 is 25.4. The summed E-state index contributed by atoms with van der Waals surface area (Å²) in [6.45, 7) is 0. The van der Waals surface area contributed by atoms with Gasteiger partial charge in [0.1, 0.15) is 4.90 Å². The monoisotopic (exact) mass is 371 g/mol. The number of aromatic nitrogens is 1. The zero-order valence-electron chi connectivity index (χ0n) is 10.9. The van der Waals surface area contributed by atoms with Gasteiger partial charge in [-0.25, -0.2) is 8.42 Å². The van der Waals surface area contributed by atoms with E-state index in [2.05, 4.69) is 4.98 Å². The second-order valence-electron chi connectivity index (χ2n) is 4.56. The molecule has 1 heterocycles. The first-order chi connectivity index (χ1) is 10.4. The smallest absolute Gasteiger partial charge is 0.209 e. The van der Waals surface area contributed by atoms with Crippen LogP contribution in [0.25, 0.3) is 10.9 Å². The van der Waals surface area contributed by atoms with Crippen LogP contribution in [0.1, 0.15) is 0 Å². The third kappa shape index (κ3) is 2.68. The predicted octanol–water partition coefficient (Wildman–Crippen LogP) is 5.03. The molecule has 0 bridgehead atoms. The fourth-order valence-electron chi connectivity index (χ4n) is 2.04. The highest BCUT2D eigenvalue weighted by Gasteiger charge is 2.23. The molecule has 0 unspecified atom stereocenters. The molecule has 7 heteroatoms. The van der Waals surface area contributed by atoms with Gasteiger partial charge < -0.3 is 0 Å². The van der Waals surface area contributed by atoms with Gasteiger partial charge in [-0.05, 0) is 42.5 Å². The average molecular weight is 373 g/mol. The summed E-state index contributed by atoms with van der Waals surface area (Å²) >= 11 is 18.0. The Labute approximate surface area is 142 Å². The first-order valence-electron chi connectivity index (χ1n) is 6.14. The van der Waals surface area contributed by atoms with Gasteiger partial charge in [-0.1, -0.05) is 34.8 Å². The Morgan fingerprint density at radius 2 is 1.50 bits per heavy atom. The third-order valence-electron chi connectivity index (χ3n) is 3.15. The highest BCUT2D eigenvalue weighted by Crippen LogP contribution is 2.33. The normalized spacial score (nSPS) is 11.8. The molecule has 0 N–H and O–H groups in total. The van der Waals surface area contributed by atoms with Crippen molar-refractivity contribution >= 4 is 55.5 Å². The second kappa shape index (κ2) is 5.70. The van der Waals surface area contributed by atoms with Gasteiger partial charge in [-0.2, -0.15) is 0 Å². The van der Waals surface area contributed by atoms with Crippen molar-refractivity contribution in [2.24, 2.45) is 0 Å². The summed E-state index contributed by atoms with van der Waals surface area (Å²) in [5.74, 6) is 0. The predicted molar refractivity (Wildman–Crippen MR) is 88.7 cm³/mol. The van der Waals surface area contributed by atoms with Crippen LogP contribution in [-0.4, -0.2) is 13.4 Å². The van der Waals surface area contributed by atoms with Gasteiger partial charge in [0.25, 0.3) is 0 Å². The fourth-order valence-corrected chi connectivity index (χ4v) is 4.13. The van der Waals surface area contributed by atoms with Crippen molar-refractivity contribution in [3.05, 3.63) is 63.7 Å². The van der Waals surface area contributed by atoms with Crippen molar-refractivity contribution in [3.63, 3.8) is 0 Å². The first-order valence-corrected chi connectivity index (χ1v) is 8.76. The molecule has 0 radical (unpaired) electrons. The molecule has 0 saturated heterocycles. The molecule has 22 heavy (non-hydrogen) atoms. The molecular formula is C15H8Cl3NO2S. The Morgan fingerprint density at radius 3 is 2.18 bits per heavy atom. The van der Waals surface area contributed by atoms with E-state index < -0.39 is 9.84 Å². The van der Waals surface area contributed by atoms with Crippen LogP contribution < -0.4 is 0 Å². The zero-order chi connectivity index (χ0) is 15.9.